The summed E-state index contributed by atoms with van der Waals surface area (Å²) in [5, 5.41) is 2.23. The largest absolute Gasteiger partial charge is 0 e. The first kappa shape index (κ1) is 26.1. The zero-order valence-electron chi connectivity index (χ0n) is 27.0. The van der Waals surface area contributed by atoms with Gasteiger partial charge in [0.15, 0.2) is 0 Å². The third-order valence-corrected chi connectivity index (χ3v) is 11.5. The third-order valence-electron chi connectivity index (χ3n) is 7.25. The van der Waals surface area contributed by atoms with Crippen molar-refractivity contribution in [3.8, 4) is 22.6 Å². The van der Waals surface area contributed by atoms with Gasteiger partial charge in [-0.2, -0.15) is 0 Å². The number of nitrogens with zero attached hydrogens (tertiary/aromatic N) is 3. The van der Waals surface area contributed by atoms with Crippen LogP contribution in [0.4, 0.5) is 0 Å². The molecule has 0 fully saturated rings. The van der Waals surface area contributed by atoms with E-state index in [1.807, 2.05) is 54.7 Å². The predicted octanol–water partition coefficient (Wildman–Crippen LogP) is 8.82. The number of imidazole rings is 1. The zero-order chi connectivity index (χ0) is 31.1. The average Bonchev–Trinajstić information content (AvgIpc) is 3.59. The van der Waals surface area contributed by atoms with Crippen molar-refractivity contribution in [2.75, 3.05) is 0 Å². The molecule has 42 heavy (non-hydrogen) atoms. The summed E-state index contributed by atoms with van der Waals surface area (Å²) < 4.78 is 31.8. The van der Waals surface area contributed by atoms with Crippen molar-refractivity contribution >= 4 is 50.6 Å². The van der Waals surface area contributed by atoms with Crippen LogP contribution in [0.2, 0.25) is 17.3 Å². The molecule has 7 rings (SSSR count). The Bertz CT molecular complexity index is 2020. The van der Waals surface area contributed by atoms with Gasteiger partial charge >= 0.3 is 110 Å². The summed E-state index contributed by atoms with van der Waals surface area (Å²) in [5.41, 5.74) is 6.76. The second-order valence-corrected chi connectivity index (χ2v) is 21.7. The molecule has 7 aromatic rings. The van der Waals surface area contributed by atoms with E-state index in [1.54, 1.807) is 12.1 Å². The van der Waals surface area contributed by atoms with Gasteiger partial charge in [0.1, 0.15) is 5.58 Å². The summed E-state index contributed by atoms with van der Waals surface area (Å²) >= 11 is -1.83. The van der Waals surface area contributed by atoms with Crippen LogP contribution in [-0.4, -0.2) is 27.8 Å². The van der Waals surface area contributed by atoms with Gasteiger partial charge in [0.25, 0.3) is 0 Å². The minimum Gasteiger partial charge on any atom is 0 e. The molecule has 213 valence electrons. The van der Waals surface area contributed by atoms with Crippen molar-refractivity contribution in [1.29, 1.82) is 0 Å². The number of furan rings is 1. The van der Waals surface area contributed by atoms with E-state index in [-0.39, 0.29) is 20.1 Å². The first-order chi connectivity index (χ1) is 21.0. The molecule has 4 aromatic carbocycles. The third kappa shape index (κ3) is 5.87. The minimum atomic E-state index is -2.08. The van der Waals surface area contributed by atoms with Crippen LogP contribution >= 0.6 is 0 Å². The molecular weight excluding hydrogens is 755 g/mol. The second kappa shape index (κ2) is 12.4. The Morgan fingerprint density at radius 1 is 0.905 bits per heavy atom. The normalized spacial score (nSPS) is 12.7. The summed E-state index contributed by atoms with van der Waals surface area (Å²) in [6.45, 7) is 0.906. The predicted molar refractivity (Wildman–Crippen MR) is 173 cm³/mol. The SMILES string of the molecule is CCn1c(-c2[c-]ccc3c2oc2ccccc23)nc2ccccc21.[2H]C([2H])([2H])c1c[c-]c(-c2cc[c]([Ge]([CH3])([CH3])[CH3])cn2)cc1.[Ir]. The molecule has 0 aliphatic rings. The smallest absolute Gasteiger partial charge is 0 e. The van der Waals surface area contributed by atoms with Crippen molar-refractivity contribution < 1.29 is 28.6 Å². The summed E-state index contributed by atoms with van der Waals surface area (Å²) in [4.78, 5) is 9.33. The van der Waals surface area contributed by atoms with E-state index in [4.69, 9.17) is 13.5 Å². The maximum atomic E-state index is 7.35. The van der Waals surface area contributed by atoms with Gasteiger partial charge in [0.05, 0.1) is 22.4 Å². The number of para-hydroxylation sites is 3. The van der Waals surface area contributed by atoms with Crippen LogP contribution < -0.4 is 4.40 Å². The number of aromatic nitrogens is 3. The van der Waals surface area contributed by atoms with Gasteiger partial charge in [-0.05, 0) is 25.1 Å². The maximum Gasteiger partial charge on any atom is 0 e. The molecule has 0 amide bonds. The Labute approximate surface area is 267 Å². The summed E-state index contributed by atoms with van der Waals surface area (Å²) in [6.07, 6.45) is 1.95. The van der Waals surface area contributed by atoms with Crippen LogP contribution in [0.1, 0.15) is 16.6 Å². The van der Waals surface area contributed by atoms with Crippen LogP contribution in [0, 0.1) is 19.0 Å². The van der Waals surface area contributed by atoms with Crippen molar-refractivity contribution in [2.24, 2.45) is 0 Å². The molecule has 4 nitrogen and oxygen atoms in total. The monoisotopic (exact) mass is 793 g/mol. The number of aryl methyl sites for hydroxylation is 2. The molecule has 0 atom stereocenters. The number of rotatable bonds is 4. The average molecular weight is 792 g/mol. The molecule has 0 bridgehead atoms. The van der Waals surface area contributed by atoms with E-state index in [0.717, 1.165) is 62.2 Å². The van der Waals surface area contributed by atoms with Crippen LogP contribution in [-0.2, 0) is 26.7 Å². The van der Waals surface area contributed by atoms with Gasteiger partial charge in [0, 0.05) is 32.0 Å². The quantitative estimate of drug-likeness (QED) is 0.132. The Kier molecular flexibility index (Phi) is 7.71. The van der Waals surface area contributed by atoms with Crippen LogP contribution in [0.5, 0.6) is 0 Å². The standard InChI is InChI=1S/C21H15N2O.C15H18GeN.Ir/c1-2-23-18-12-5-4-11-17(18)22-21(23)16-10-7-9-15-14-8-3-6-13-19(14)24-20(15)16;1-12-5-7-13(8-6-12)15-10-9-14(11-17-15)16(2,3)4;/h3-9,11-13H,2H2,1H3;5-7,9-11H,1-4H3;/q2*-1;/i;1D3;. The summed E-state index contributed by atoms with van der Waals surface area (Å²) in [5.74, 6) is 7.89. The molecule has 0 N–H and O–H groups in total. The van der Waals surface area contributed by atoms with E-state index >= 15 is 0 Å². The van der Waals surface area contributed by atoms with E-state index in [0.29, 0.717) is 5.56 Å². The van der Waals surface area contributed by atoms with E-state index < -0.39 is 20.1 Å². The van der Waals surface area contributed by atoms with Gasteiger partial charge in [-0.15, -0.1) is 18.2 Å². The summed E-state index contributed by atoms with van der Waals surface area (Å²) in [6, 6.07) is 35.8. The summed E-state index contributed by atoms with van der Waals surface area (Å²) in [7, 11) is 0. The fourth-order valence-corrected chi connectivity index (χ4v) is 7.20. The number of hydrogen-bond acceptors (Lipinski definition) is 3. The molecule has 6 heteroatoms. The van der Waals surface area contributed by atoms with Crippen LogP contribution in [0.3, 0.4) is 0 Å². The van der Waals surface area contributed by atoms with Gasteiger partial charge in [-0.25, -0.2) is 0 Å². The Hall–Kier alpha value is -3.51. The second-order valence-electron chi connectivity index (χ2n) is 11.0. The first-order valence-electron chi connectivity index (χ1n) is 15.3. The molecule has 3 heterocycles. The van der Waals surface area contributed by atoms with E-state index in [2.05, 4.69) is 70.1 Å². The molecular formula is C36H33GeIrN3O-2. The molecule has 0 saturated carbocycles. The molecule has 0 saturated heterocycles. The van der Waals surface area contributed by atoms with Crippen molar-refractivity contribution in [3.05, 3.63) is 115 Å². The molecule has 0 aliphatic heterocycles. The van der Waals surface area contributed by atoms with Crippen molar-refractivity contribution in [3.63, 3.8) is 0 Å². The number of benzene rings is 4. The fourth-order valence-electron chi connectivity index (χ4n) is 5.02. The molecule has 0 spiro atoms. The first-order valence-corrected chi connectivity index (χ1v) is 21.2. The Morgan fingerprint density at radius 3 is 2.43 bits per heavy atom. The van der Waals surface area contributed by atoms with Gasteiger partial charge in [-0.3, -0.25) is 4.98 Å². The number of hydrogen-bond donors (Lipinski definition) is 0. The topological polar surface area (TPSA) is 43.9 Å². The Morgan fingerprint density at radius 2 is 1.71 bits per heavy atom. The molecule has 0 unspecified atom stereocenters. The van der Waals surface area contributed by atoms with Crippen LogP contribution in [0.15, 0.2) is 102 Å². The maximum absolute atomic E-state index is 7.35. The minimum absolute atomic E-state index is 0. The van der Waals surface area contributed by atoms with E-state index in [9.17, 15) is 0 Å². The number of fused-ring (bicyclic) bond motifs is 4. The van der Waals surface area contributed by atoms with E-state index in [1.165, 1.54) is 10.5 Å². The molecule has 1 radical (unpaired) electrons. The molecule has 3 aromatic heterocycles. The van der Waals surface area contributed by atoms with Gasteiger partial charge in [0.2, 0.25) is 0 Å². The zero-order valence-corrected chi connectivity index (χ0v) is 28.5. The van der Waals surface area contributed by atoms with Gasteiger partial charge in [-0.1, -0.05) is 41.3 Å². The fraction of sp³-hybridized carbons (Fsp3) is 0.167. The van der Waals surface area contributed by atoms with Crippen LogP contribution in [0.25, 0.3) is 55.6 Å². The van der Waals surface area contributed by atoms with Gasteiger partial charge < -0.3 is 8.98 Å². The van der Waals surface area contributed by atoms with Crippen molar-refractivity contribution in [1.82, 2.24) is 14.5 Å². The Balaban J connectivity index is 0.000000177. The molecule has 0 aliphatic carbocycles. The van der Waals surface area contributed by atoms with Crippen molar-refractivity contribution in [2.45, 2.75) is 37.6 Å². The number of pyridine rings is 1.